The van der Waals surface area contributed by atoms with Crippen molar-refractivity contribution in [2.24, 2.45) is 10.1 Å². The molecular formula is C21H24N6O2S. The highest BCUT2D eigenvalue weighted by Crippen LogP contribution is 2.42. The van der Waals surface area contributed by atoms with Crippen molar-refractivity contribution >= 4 is 38.4 Å². The van der Waals surface area contributed by atoms with Crippen LogP contribution in [0.25, 0.3) is 11.0 Å². The lowest BCUT2D eigenvalue weighted by molar-refractivity contribution is 0.274. The molecule has 30 heavy (non-hydrogen) atoms. The van der Waals surface area contributed by atoms with Crippen LogP contribution in [-0.2, 0) is 22.1 Å². The van der Waals surface area contributed by atoms with Crippen LogP contribution in [0.1, 0.15) is 44.7 Å². The van der Waals surface area contributed by atoms with E-state index in [9.17, 15) is 8.42 Å². The van der Waals surface area contributed by atoms with Crippen molar-refractivity contribution in [3.8, 4) is 0 Å². The standard InChI is InChI=1S/C21H24N6O2S/c1-14-21(9-3-2-4-10-21)27-17(13-23-14)11-15-12-24-20(26-19(15)27)25-16-5-7-18(8-6-16)30(22,28)29/h5-8,11-12H,2-4,9-10,13H2,1H3,(H2,22,28,29)(H,24,25,26). The zero-order valence-corrected chi connectivity index (χ0v) is 17.6. The molecule has 156 valence electrons. The Balaban J connectivity index is 1.54. The van der Waals surface area contributed by atoms with Crippen LogP contribution in [0.4, 0.5) is 11.6 Å². The van der Waals surface area contributed by atoms with Gasteiger partial charge in [-0.1, -0.05) is 19.3 Å². The number of sulfonamides is 1. The van der Waals surface area contributed by atoms with Crippen molar-refractivity contribution in [1.82, 2.24) is 14.5 Å². The molecule has 8 nitrogen and oxygen atoms in total. The molecule has 3 heterocycles. The largest absolute Gasteiger partial charge is 0.324 e. The zero-order valence-electron chi connectivity index (χ0n) is 16.8. The van der Waals surface area contributed by atoms with Crippen LogP contribution in [0.5, 0.6) is 0 Å². The molecule has 9 heteroatoms. The van der Waals surface area contributed by atoms with E-state index < -0.39 is 10.0 Å². The topological polar surface area (TPSA) is 115 Å². The summed E-state index contributed by atoms with van der Waals surface area (Å²) in [6, 6.07) is 8.38. The number of fused-ring (bicyclic) bond motifs is 4. The third-order valence-electron chi connectivity index (χ3n) is 6.32. The Kier molecular flexibility index (Phi) is 4.41. The molecule has 0 atom stereocenters. The Morgan fingerprint density at radius 1 is 1.13 bits per heavy atom. The summed E-state index contributed by atoms with van der Waals surface area (Å²) in [7, 11) is -3.72. The Bertz CT molecular complexity index is 1250. The van der Waals surface area contributed by atoms with E-state index in [-0.39, 0.29) is 10.4 Å². The fourth-order valence-corrected chi connectivity index (χ4v) is 5.30. The van der Waals surface area contributed by atoms with Crippen LogP contribution in [0.15, 0.2) is 46.4 Å². The summed E-state index contributed by atoms with van der Waals surface area (Å²) in [4.78, 5) is 14.2. The Morgan fingerprint density at radius 3 is 2.57 bits per heavy atom. The highest BCUT2D eigenvalue weighted by molar-refractivity contribution is 7.89. The normalized spacial score (nSPS) is 18.3. The van der Waals surface area contributed by atoms with Crippen LogP contribution in [0, 0.1) is 0 Å². The number of nitrogens with one attached hydrogen (secondary N) is 1. The number of anilines is 2. The summed E-state index contributed by atoms with van der Waals surface area (Å²) in [6.45, 7) is 2.81. The Morgan fingerprint density at radius 2 is 1.87 bits per heavy atom. The minimum atomic E-state index is -3.72. The molecule has 0 bridgehead atoms. The zero-order chi connectivity index (χ0) is 20.9. The van der Waals surface area contributed by atoms with E-state index >= 15 is 0 Å². The maximum atomic E-state index is 11.4. The van der Waals surface area contributed by atoms with Gasteiger partial charge in [-0.15, -0.1) is 0 Å². The first-order valence-corrected chi connectivity index (χ1v) is 11.7. The van der Waals surface area contributed by atoms with Gasteiger partial charge in [-0.2, -0.15) is 4.98 Å². The van der Waals surface area contributed by atoms with Crippen molar-refractivity contribution in [3.63, 3.8) is 0 Å². The summed E-state index contributed by atoms with van der Waals surface area (Å²) >= 11 is 0. The molecule has 1 aliphatic heterocycles. The van der Waals surface area contributed by atoms with E-state index in [1.165, 1.54) is 42.8 Å². The number of aromatic nitrogens is 3. The average molecular weight is 425 g/mol. The molecule has 0 radical (unpaired) electrons. The minimum absolute atomic E-state index is 0.0686. The van der Waals surface area contributed by atoms with Crippen molar-refractivity contribution in [2.45, 2.75) is 56.0 Å². The molecule has 1 spiro atoms. The summed E-state index contributed by atoms with van der Waals surface area (Å²) in [5.41, 5.74) is 3.90. The molecule has 1 saturated carbocycles. The number of benzene rings is 1. The van der Waals surface area contributed by atoms with E-state index in [4.69, 9.17) is 15.1 Å². The average Bonchev–Trinajstić information content (AvgIpc) is 3.10. The number of hydrogen-bond donors (Lipinski definition) is 2. The lowest BCUT2D eigenvalue weighted by Gasteiger charge is -2.42. The summed E-state index contributed by atoms with van der Waals surface area (Å²) in [5, 5.41) is 9.35. The van der Waals surface area contributed by atoms with E-state index in [0.717, 1.165) is 23.9 Å². The van der Waals surface area contributed by atoms with Crippen LogP contribution in [0.2, 0.25) is 0 Å². The van der Waals surface area contributed by atoms with Crippen molar-refractivity contribution in [1.29, 1.82) is 0 Å². The van der Waals surface area contributed by atoms with Gasteiger partial charge in [0, 0.05) is 28.7 Å². The van der Waals surface area contributed by atoms with Gasteiger partial charge in [0.2, 0.25) is 16.0 Å². The second-order valence-corrected chi connectivity index (χ2v) is 9.69. The number of nitrogens with two attached hydrogens (primary N) is 1. The van der Waals surface area contributed by atoms with Gasteiger partial charge in [-0.3, -0.25) is 4.99 Å². The fraction of sp³-hybridized carbons (Fsp3) is 0.381. The van der Waals surface area contributed by atoms with Crippen LogP contribution in [0.3, 0.4) is 0 Å². The van der Waals surface area contributed by atoms with E-state index in [1.54, 1.807) is 12.1 Å². The molecule has 1 aromatic carbocycles. The second kappa shape index (κ2) is 6.88. The number of aliphatic imine (C=N–C) groups is 1. The van der Waals surface area contributed by atoms with Gasteiger partial charge in [0.05, 0.1) is 17.0 Å². The van der Waals surface area contributed by atoms with E-state index in [0.29, 0.717) is 18.2 Å². The number of primary sulfonamides is 1. The second-order valence-electron chi connectivity index (χ2n) is 8.13. The first-order chi connectivity index (χ1) is 14.4. The van der Waals surface area contributed by atoms with Gasteiger partial charge in [-0.05, 0) is 50.1 Å². The van der Waals surface area contributed by atoms with Gasteiger partial charge in [0.25, 0.3) is 0 Å². The van der Waals surface area contributed by atoms with Crippen LogP contribution in [-0.4, -0.2) is 28.7 Å². The predicted molar refractivity (Wildman–Crippen MR) is 116 cm³/mol. The smallest absolute Gasteiger partial charge is 0.238 e. The first kappa shape index (κ1) is 19.2. The number of hydrogen-bond acceptors (Lipinski definition) is 6. The third-order valence-corrected chi connectivity index (χ3v) is 7.25. The van der Waals surface area contributed by atoms with Crippen molar-refractivity contribution in [3.05, 3.63) is 42.2 Å². The van der Waals surface area contributed by atoms with Gasteiger partial charge in [0.15, 0.2) is 0 Å². The molecule has 0 saturated heterocycles. The van der Waals surface area contributed by atoms with Crippen LogP contribution >= 0.6 is 0 Å². The van der Waals surface area contributed by atoms with E-state index in [2.05, 4.69) is 27.9 Å². The molecule has 2 aliphatic rings. The molecule has 5 rings (SSSR count). The Hall–Kier alpha value is -2.78. The van der Waals surface area contributed by atoms with Gasteiger partial charge in [0.1, 0.15) is 5.65 Å². The first-order valence-electron chi connectivity index (χ1n) is 10.2. The predicted octanol–water partition coefficient (Wildman–Crippen LogP) is 3.46. The SMILES string of the molecule is CC1=NCc2cc3cnc(Nc4ccc(S(N)(=O)=O)cc4)nc3n2C12CCCCC2. The highest BCUT2D eigenvalue weighted by Gasteiger charge is 2.41. The fourth-order valence-electron chi connectivity index (χ4n) is 4.79. The minimum Gasteiger partial charge on any atom is -0.324 e. The monoisotopic (exact) mass is 424 g/mol. The maximum absolute atomic E-state index is 11.4. The van der Waals surface area contributed by atoms with Gasteiger partial charge >= 0.3 is 0 Å². The number of rotatable bonds is 3. The molecule has 0 amide bonds. The highest BCUT2D eigenvalue weighted by atomic mass is 32.2. The molecule has 1 fully saturated rings. The van der Waals surface area contributed by atoms with Crippen molar-refractivity contribution in [2.75, 3.05) is 5.32 Å². The Labute approximate surface area is 175 Å². The maximum Gasteiger partial charge on any atom is 0.238 e. The molecular weight excluding hydrogens is 400 g/mol. The molecule has 3 aromatic rings. The van der Waals surface area contributed by atoms with Gasteiger partial charge < -0.3 is 9.88 Å². The molecule has 3 N–H and O–H groups in total. The lowest BCUT2D eigenvalue weighted by atomic mass is 9.77. The molecule has 0 unspecified atom stereocenters. The van der Waals surface area contributed by atoms with Gasteiger partial charge in [-0.25, -0.2) is 18.5 Å². The van der Waals surface area contributed by atoms with Crippen molar-refractivity contribution < 1.29 is 8.42 Å². The number of nitrogens with zero attached hydrogens (tertiary/aromatic N) is 4. The lowest BCUT2D eigenvalue weighted by Crippen LogP contribution is -2.45. The molecule has 1 aliphatic carbocycles. The van der Waals surface area contributed by atoms with E-state index in [1.807, 2.05) is 6.20 Å². The van der Waals surface area contributed by atoms with Crippen LogP contribution < -0.4 is 10.5 Å². The quantitative estimate of drug-likeness (QED) is 0.668. The third kappa shape index (κ3) is 3.09. The summed E-state index contributed by atoms with van der Waals surface area (Å²) in [5.74, 6) is 0.470. The summed E-state index contributed by atoms with van der Waals surface area (Å²) < 4.78 is 25.3. The summed E-state index contributed by atoms with van der Waals surface area (Å²) in [6.07, 6.45) is 7.65. The molecule has 2 aromatic heterocycles.